The number of aromatic nitrogens is 2. The number of likely N-dealkylation sites (tertiary alicyclic amines) is 1. The fraction of sp³-hybridized carbons (Fsp3) is 0.750. The van der Waals surface area contributed by atoms with Gasteiger partial charge < -0.3 is 9.64 Å². The molecular weight excluding hydrogens is 360 g/mol. The molecule has 5 nitrogen and oxygen atoms in total. The Hall–Kier alpha value is -1.62. The number of allylic oxidation sites excluding steroid dienone is 1. The molecule has 2 heterocycles. The summed E-state index contributed by atoms with van der Waals surface area (Å²) in [7, 11) is 0. The number of nitrogens with zero attached hydrogens (tertiary/aromatic N) is 4. The van der Waals surface area contributed by atoms with Crippen molar-refractivity contribution in [3.63, 3.8) is 0 Å². The average Bonchev–Trinajstić information content (AvgIpc) is 2.75. The average molecular weight is 403 g/mol. The second-order valence-corrected chi connectivity index (χ2v) is 8.03. The Morgan fingerprint density at radius 2 is 1.79 bits per heavy atom. The molecule has 0 unspecified atom stereocenters. The molecule has 1 aliphatic heterocycles. The van der Waals surface area contributed by atoms with Crippen LogP contribution in [0.5, 0.6) is 6.01 Å². The van der Waals surface area contributed by atoms with Crippen LogP contribution in [0.2, 0.25) is 0 Å². The number of piperidine rings is 1. The molecule has 1 aliphatic rings. The van der Waals surface area contributed by atoms with Crippen LogP contribution in [-0.4, -0.2) is 54.2 Å². The van der Waals surface area contributed by atoms with Gasteiger partial charge in [-0.15, -0.1) is 6.58 Å². The third-order valence-electron chi connectivity index (χ3n) is 5.59. The molecule has 1 fully saturated rings. The van der Waals surface area contributed by atoms with Crippen LogP contribution < -0.4 is 9.64 Å². The van der Waals surface area contributed by atoms with Crippen molar-refractivity contribution in [2.75, 3.05) is 44.2 Å². The minimum atomic E-state index is 0.554. The molecule has 0 atom stereocenters. The molecule has 29 heavy (non-hydrogen) atoms. The van der Waals surface area contributed by atoms with Crippen LogP contribution in [0.4, 0.5) is 5.82 Å². The highest BCUT2D eigenvalue weighted by atomic mass is 16.5. The lowest BCUT2D eigenvalue weighted by atomic mass is 10.0. The van der Waals surface area contributed by atoms with Gasteiger partial charge in [0.25, 0.3) is 0 Å². The van der Waals surface area contributed by atoms with E-state index >= 15 is 0 Å². The van der Waals surface area contributed by atoms with Crippen LogP contribution >= 0.6 is 0 Å². The summed E-state index contributed by atoms with van der Waals surface area (Å²) in [6.45, 7) is 16.6. The summed E-state index contributed by atoms with van der Waals surface area (Å²) >= 11 is 0. The van der Waals surface area contributed by atoms with Crippen molar-refractivity contribution < 1.29 is 4.74 Å². The predicted octanol–water partition coefficient (Wildman–Crippen LogP) is 5.04. The molecule has 2 rings (SSSR count). The number of rotatable bonds is 14. The van der Waals surface area contributed by atoms with Crippen molar-refractivity contribution in [3.8, 4) is 6.01 Å². The van der Waals surface area contributed by atoms with Gasteiger partial charge in [-0.05, 0) is 64.5 Å². The van der Waals surface area contributed by atoms with Crippen molar-refractivity contribution >= 4 is 5.82 Å². The second kappa shape index (κ2) is 13.6. The number of aryl methyl sites for hydroxylation is 1. The third-order valence-corrected chi connectivity index (χ3v) is 5.59. The number of hydrogen-bond donors (Lipinski definition) is 0. The van der Waals surface area contributed by atoms with Crippen molar-refractivity contribution in [2.24, 2.45) is 0 Å². The Bertz CT molecular complexity index is 593. The van der Waals surface area contributed by atoms with E-state index in [2.05, 4.69) is 37.1 Å². The van der Waals surface area contributed by atoms with Gasteiger partial charge in [0, 0.05) is 25.2 Å². The normalized spacial score (nSPS) is 14.7. The van der Waals surface area contributed by atoms with Crippen LogP contribution in [0, 0.1) is 0 Å². The summed E-state index contributed by atoms with van der Waals surface area (Å²) in [5, 5.41) is 0. The molecular formula is C24H42N4O. The Balaban J connectivity index is 2.19. The zero-order valence-electron chi connectivity index (χ0n) is 19.1. The van der Waals surface area contributed by atoms with E-state index in [-0.39, 0.29) is 0 Å². The molecule has 0 bridgehead atoms. The molecule has 0 saturated carbocycles. The first kappa shape index (κ1) is 23.7. The van der Waals surface area contributed by atoms with E-state index in [1.807, 2.05) is 6.08 Å². The maximum Gasteiger partial charge on any atom is 0.318 e. The van der Waals surface area contributed by atoms with E-state index in [0.29, 0.717) is 12.6 Å². The summed E-state index contributed by atoms with van der Waals surface area (Å²) in [5.74, 6) is 1.09. The lowest BCUT2D eigenvalue weighted by Crippen LogP contribution is -2.33. The minimum Gasteiger partial charge on any atom is -0.462 e. The SMILES string of the molecule is C=CCCCc1c(CC)nc(OCCN2CCCCC2)nc1N(CCC)CCC. The summed E-state index contributed by atoms with van der Waals surface area (Å²) < 4.78 is 6.07. The predicted molar refractivity (Wildman–Crippen MR) is 123 cm³/mol. The van der Waals surface area contributed by atoms with Crippen molar-refractivity contribution in [1.82, 2.24) is 14.9 Å². The first-order valence-electron chi connectivity index (χ1n) is 11.8. The van der Waals surface area contributed by atoms with E-state index in [4.69, 9.17) is 14.7 Å². The zero-order valence-corrected chi connectivity index (χ0v) is 19.1. The van der Waals surface area contributed by atoms with Crippen molar-refractivity contribution in [3.05, 3.63) is 23.9 Å². The smallest absolute Gasteiger partial charge is 0.318 e. The molecule has 1 aromatic heterocycles. The van der Waals surface area contributed by atoms with E-state index in [1.165, 1.54) is 37.9 Å². The highest BCUT2D eigenvalue weighted by Crippen LogP contribution is 2.27. The molecule has 0 aromatic carbocycles. The standard InChI is InChI=1S/C24H42N4O/c1-5-9-11-14-21-22(8-4)25-24(26-23(21)28(15-6-2)16-7-3)29-20-19-27-17-12-10-13-18-27/h5H,1,6-20H2,2-4H3. The van der Waals surface area contributed by atoms with Crippen LogP contribution in [0.1, 0.15) is 77.0 Å². The van der Waals surface area contributed by atoms with E-state index in [9.17, 15) is 0 Å². The van der Waals surface area contributed by atoms with Gasteiger partial charge in [0.1, 0.15) is 12.4 Å². The number of unbranched alkanes of at least 4 members (excludes halogenated alkanes) is 1. The van der Waals surface area contributed by atoms with Crippen LogP contribution in [0.3, 0.4) is 0 Å². The molecule has 0 N–H and O–H groups in total. The largest absolute Gasteiger partial charge is 0.462 e. The maximum atomic E-state index is 6.07. The Kier molecular flexibility index (Phi) is 11.1. The van der Waals surface area contributed by atoms with Gasteiger partial charge in [-0.1, -0.05) is 33.3 Å². The highest BCUT2D eigenvalue weighted by Gasteiger charge is 2.19. The maximum absolute atomic E-state index is 6.07. The molecule has 1 saturated heterocycles. The van der Waals surface area contributed by atoms with Gasteiger partial charge in [-0.2, -0.15) is 9.97 Å². The number of hydrogen-bond acceptors (Lipinski definition) is 5. The van der Waals surface area contributed by atoms with Gasteiger partial charge in [-0.25, -0.2) is 0 Å². The summed E-state index contributed by atoms with van der Waals surface area (Å²) in [6, 6.07) is 0.554. The quantitative estimate of drug-likeness (QED) is 0.322. The van der Waals surface area contributed by atoms with Crippen LogP contribution in [0.25, 0.3) is 0 Å². The number of ether oxygens (including phenoxy) is 1. The minimum absolute atomic E-state index is 0.554. The summed E-state index contributed by atoms with van der Waals surface area (Å²) in [6.07, 6.45) is 12.2. The van der Waals surface area contributed by atoms with E-state index < -0.39 is 0 Å². The number of anilines is 1. The molecule has 1 aromatic rings. The topological polar surface area (TPSA) is 41.5 Å². The zero-order chi connectivity index (χ0) is 20.9. The van der Waals surface area contributed by atoms with Crippen LogP contribution in [0.15, 0.2) is 12.7 Å². The fourth-order valence-electron chi connectivity index (χ4n) is 4.11. The van der Waals surface area contributed by atoms with Crippen molar-refractivity contribution in [2.45, 2.75) is 78.6 Å². The molecule has 0 aliphatic carbocycles. The van der Waals surface area contributed by atoms with Gasteiger partial charge in [0.05, 0.1) is 5.69 Å². The molecule has 0 amide bonds. The van der Waals surface area contributed by atoms with Gasteiger partial charge >= 0.3 is 6.01 Å². The van der Waals surface area contributed by atoms with E-state index in [0.717, 1.165) is 69.7 Å². The Morgan fingerprint density at radius 3 is 2.41 bits per heavy atom. The fourth-order valence-corrected chi connectivity index (χ4v) is 4.11. The van der Waals surface area contributed by atoms with Gasteiger partial charge in [-0.3, -0.25) is 4.90 Å². The molecule has 5 heteroatoms. The monoisotopic (exact) mass is 402 g/mol. The lowest BCUT2D eigenvalue weighted by molar-refractivity contribution is 0.177. The molecule has 0 spiro atoms. The van der Waals surface area contributed by atoms with Crippen LogP contribution in [-0.2, 0) is 12.8 Å². The Morgan fingerprint density at radius 1 is 1.07 bits per heavy atom. The first-order chi connectivity index (χ1) is 14.2. The third kappa shape index (κ3) is 7.61. The first-order valence-corrected chi connectivity index (χ1v) is 11.8. The lowest BCUT2D eigenvalue weighted by Gasteiger charge is -2.27. The summed E-state index contributed by atoms with van der Waals surface area (Å²) in [4.78, 5) is 14.7. The van der Waals surface area contributed by atoms with Gasteiger partial charge in [0.15, 0.2) is 0 Å². The highest BCUT2D eigenvalue weighted by molar-refractivity contribution is 5.50. The second-order valence-electron chi connectivity index (χ2n) is 8.03. The van der Waals surface area contributed by atoms with Gasteiger partial charge in [0.2, 0.25) is 0 Å². The summed E-state index contributed by atoms with van der Waals surface area (Å²) in [5.41, 5.74) is 2.45. The Labute approximate surface area is 178 Å². The molecule has 0 radical (unpaired) electrons. The molecule has 164 valence electrons. The van der Waals surface area contributed by atoms with Crippen molar-refractivity contribution in [1.29, 1.82) is 0 Å². The van der Waals surface area contributed by atoms with E-state index in [1.54, 1.807) is 0 Å².